The highest BCUT2D eigenvalue weighted by Crippen LogP contribution is 2.14. The molecule has 0 radical (unpaired) electrons. The van der Waals surface area contributed by atoms with E-state index >= 15 is 0 Å². The maximum atomic E-state index is 12.2. The Bertz CT molecular complexity index is 320. The molecule has 0 spiro atoms. The maximum Gasteiger partial charge on any atom is 0.324 e. The molecule has 1 aromatic carbocycles. The molecule has 0 saturated carbocycles. The van der Waals surface area contributed by atoms with Gasteiger partial charge in [0, 0.05) is 25.3 Å². The van der Waals surface area contributed by atoms with E-state index in [9.17, 15) is 4.79 Å². The lowest BCUT2D eigenvalue weighted by atomic mass is 10.3. The normalized spacial score (nSPS) is 9.94. The monoisotopic (exact) mass is 220 g/mol. The third-order valence-corrected chi connectivity index (χ3v) is 2.65. The van der Waals surface area contributed by atoms with Crippen LogP contribution in [0, 0.1) is 0 Å². The molecule has 0 atom stereocenters. The van der Waals surface area contributed by atoms with E-state index in [4.69, 9.17) is 0 Å². The molecule has 0 N–H and O–H groups in total. The standard InChI is InChI=1S/C13H20N2O/c1-4-14(5-2)13(16)15(6-3)12-10-8-7-9-11-12/h7-11H,4-6H2,1-3H3. The van der Waals surface area contributed by atoms with Crippen LogP contribution in [0.15, 0.2) is 30.3 Å². The Kier molecular flexibility index (Phi) is 4.83. The van der Waals surface area contributed by atoms with E-state index in [-0.39, 0.29) is 6.03 Å². The van der Waals surface area contributed by atoms with E-state index in [2.05, 4.69) is 0 Å². The minimum atomic E-state index is 0.0821. The van der Waals surface area contributed by atoms with Crippen molar-refractivity contribution in [2.45, 2.75) is 20.8 Å². The van der Waals surface area contributed by atoms with Gasteiger partial charge in [0.25, 0.3) is 0 Å². The summed E-state index contributed by atoms with van der Waals surface area (Å²) in [7, 11) is 0. The first-order valence-corrected chi connectivity index (χ1v) is 5.86. The molecule has 0 fully saturated rings. The van der Waals surface area contributed by atoms with Crippen molar-refractivity contribution >= 4 is 11.7 Å². The van der Waals surface area contributed by atoms with Gasteiger partial charge in [-0.25, -0.2) is 4.79 Å². The summed E-state index contributed by atoms with van der Waals surface area (Å²) in [4.78, 5) is 15.8. The van der Waals surface area contributed by atoms with Gasteiger partial charge in [-0.2, -0.15) is 0 Å². The van der Waals surface area contributed by atoms with Crippen molar-refractivity contribution in [1.82, 2.24) is 4.90 Å². The topological polar surface area (TPSA) is 23.6 Å². The van der Waals surface area contributed by atoms with Crippen LogP contribution in [-0.2, 0) is 0 Å². The van der Waals surface area contributed by atoms with E-state index in [1.54, 1.807) is 4.90 Å². The number of hydrogen-bond acceptors (Lipinski definition) is 1. The van der Waals surface area contributed by atoms with Gasteiger partial charge >= 0.3 is 6.03 Å². The van der Waals surface area contributed by atoms with Gasteiger partial charge in [0.2, 0.25) is 0 Å². The van der Waals surface area contributed by atoms with Crippen LogP contribution in [0.3, 0.4) is 0 Å². The van der Waals surface area contributed by atoms with Crippen molar-refractivity contribution in [2.24, 2.45) is 0 Å². The minimum absolute atomic E-state index is 0.0821. The van der Waals surface area contributed by atoms with Crippen molar-refractivity contribution in [3.63, 3.8) is 0 Å². The molecule has 0 aliphatic carbocycles. The molecule has 1 rings (SSSR count). The second kappa shape index (κ2) is 6.16. The summed E-state index contributed by atoms with van der Waals surface area (Å²) >= 11 is 0. The van der Waals surface area contributed by atoms with Crippen LogP contribution in [0.2, 0.25) is 0 Å². The van der Waals surface area contributed by atoms with Gasteiger partial charge in [0.1, 0.15) is 0 Å². The smallest absolute Gasteiger partial charge is 0.324 e. The summed E-state index contributed by atoms with van der Waals surface area (Å²) in [5, 5.41) is 0. The molecule has 16 heavy (non-hydrogen) atoms. The third kappa shape index (κ3) is 2.75. The second-order valence-corrected chi connectivity index (χ2v) is 3.53. The zero-order valence-corrected chi connectivity index (χ0v) is 10.3. The molecule has 0 bridgehead atoms. The Morgan fingerprint density at radius 2 is 1.56 bits per heavy atom. The van der Waals surface area contributed by atoms with Crippen molar-refractivity contribution < 1.29 is 4.79 Å². The maximum absolute atomic E-state index is 12.2. The van der Waals surface area contributed by atoms with Crippen LogP contribution in [0.5, 0.6) is 0 Å². The lowest BCUT2D eigenvalue weighted by molar-refractivity contribution is 0.210. The average Bonchev–Trinajstić information content (AvgIpc) is 2.33. The van der Waals surface area contributed by atoms with Crippen LogP contribution in [0.4, 0.5) is 10.5 Å². The van der Waals surface area contributed by atoms with E-state index < -0.39 is 0 Å². The molecule has 3 nitrogen and oxygen atoms in total. The molecule has 2 amide bonds. The third-order valence-electron chi connectivity index (χ3n) is 2.65. The molecule has 0 aliphatic heterocycles. The first kappa shape index (κ1) is 12.6. The zero-order chi connectivity index (χ0) is 12.0. The number of carbonyl (C=O) groups is 1. The van der Waals surface area contributed by atoms with Gasteiger partial charge < -0.3 is 4.90 Å². The predicted octanol–water partition coefficient (Wildman–Crippen LogP) is 2.97. The van der Waals surface area contributed by atoms with Gasteiger partial charge in [-0.05, 0) is 32.9 Å². The number of benzene rings is 1. The number of carbonyl (C=O) groups excluding carboxylic acids is 1. The average molecular weight is 220 g/mol. The molecular formula is C13H20N2O. The Labute approximate surface area is 97.7 Å². The zero-order valence-electron chi connectivity index (χ0n) is 10.3. The first-order valence-electron chi connectivity index (χ1n) is 5.86. The summed E-state index contributed by atoms with van der Waals surface area (Å²) in [5.41, 5.74) is 0.960. The summed E-state index contributed by atoms with van der Waals surface area (Å²) in [6.45, 7) is 8.19. The summed E-state index contributed by atoms with van der Waals surface area (Å²) in [6.07, 6.45) is 0. The lowest BCUT2D eigenvalue weighted by Crippen LogP contribution is -2.43. The number of para-hydroxylation sites is 1. The Morgan fingerprint density at radius 1 is 1.00 bits per heavy atom. The van der Waals surface area contributed by atoms with E-state index in [0.29, 0.717) is 6.54 Å². The fraction of sp³-hybridized carbons (Fsp3) is 0.462. The summed E-state index contributed by atoms with van der Waals surface area (Å²) in [6, 6.07) is 9.87. The number of urea groups is 1. The number of nitrogens with zero attached hydrogens (tertiary/aromatic N) is 2. The quantitative estimate of drug-likeness (QED) is 0.765. The molecule has 0 heterocycles. The van der Waals surface area contributed by atoms with Gasteiger partial charge in [-0.15, -0.1) is 0 Å². The summed E-state index contributed by atoms with van der Waals surface area (Å²) < 4.78 is 0. The lowest BCUT2D eigenvalue weighted by Gasteiger charge is -2.28. The Balaban J connectivity index is 2.86. The fourth-order valence-electron chi connectivity index (χ4n) is 1.70. The highest BCUT2D eigenvalue weighted by molar-refractivity contribution is 5.91. The van der Waals surface area contributed by atoms with Crippen LogP contribution >= 0.6 is 0 Å². The molecule has 0 saturated heterocycles. The van der Waals surface area contributed by atoms with Gasteiger partial charge in [-0.1, -0.05) is 18.2 Å². The van der Waals surface area contributed by atoms with Crippen LogP contribution < -0.4 is 4.90 Å². The van der Waals surface area contributed by atoms with Crippen molar-refractivity contribution in [2.75, 3.05) is 24.5 Å². The molecular weight excluding hydrogens is 200 g/mol. The van der Waals surface area contributed by atoms with Crippen LogP contribution in [-0.4, -0.2) is 30.6 Å². The van der Waals surface area contributed by atoms with Gasteiger partial charge in [0.05, 0.1) is 0 Å². The van der Waals surface area contributed by atoms with Crippen LogP contribution in [0.25, 0.3) is 0 Å². The molecule has 88 valence electrons. The minimum Gasteiger partial charge on any atom is -0.325 e. The number of rotatable bonds is 4. The van der Waals surface area contributed by atoms with Crippen molar-refractivity contribution in [1.29, 1.82) is 0 Å². The van der Waals surface area contributed by atoms with E-state index in [1.165, 1.54) is 0 Å². The SMILES string of the molecule is CCN(CC)C(=O)N(CC)c1ccccc1. The van der Waals surface area contributed by atoms with E-state index in [0.717, 1.165) is 18.8 Å². The number of amides is 2. The molecule has 0 aromatic heterocycles. The highest BCUT2D eigenvalue weighted by atomic mass is 16.2. The van der Waals surface area contributed by atoms with E-state index in [1.807, 2.05) is 56.0 Å². The largest absolute Gasteiger partial charge is 0.325 e. The van der Waals surface area contributed by atoms with Crippen molar-refractivity contribution in [3.8, 4) is 0 Å². The Morgan fingerprint density at radius 3 is 2.00 bits per heavy atom. The molecule has 3 heteroatoms. The fourth-order valence-corrected chi connectivity index (χ4v) is 1.70. The first-order chi connectivity index (χ1) is 7.74. The second-order valence-electron chi connectivity index (χ2n) is 3.53. The molecule has 0 unspecified atom stereocenters. The molecule has 1 aromatic rings. The van der Waals surface area contributed by atoms with Gasteiger partial charge in [0.15, 0.2) is 0 Å². The Hall–Kier alpha value is -1.51. The number of hydrogen-bond donors (Lipinski definition) is 0. The van der Waals surface area contributed by atoms with Crippen molar-refractivity contribution in [3.05, 3.63) is 30.3 Å². The molecule has 0 aliphatic rings. The van der Waals surface area contributed by atoms with Gasteiger partial charge in [-0.3, -0.25) is 4.90 Å². The summed E-state index contributed by atoms with van der Waals surface area (Å²) in [5.74, 6) is 0. The predicted molar refractivity (Wildman–Crippen MR) is 67.8 cm³/mol. The highest BCUT2D eigenvalue weighted by Gasteiger charge is 2.17. The number of anilines is 1. The van der Waals surface area contributed by atoms with Crippen LogP contribution in [0.1, 0.15) is 20.8 Å².